The number of hydrogen-bond donors (Lipinski definition) is 2. The second-order valence-corrected chi connectivity index (χ2v) is 2.10. The first-order valence-corrected chi connectivity index (χ1v) is 3.13. The van der Waals surface area contributed by atoms with E-state index in [-0.39, 0.29) is 22.9 Å². The van der Waals surface area contributed by atoms with Gasteiger partial charge >= 0.3 is 0 Å². The molecule has 12 heavy (non-hydrogen) atoms. The highest BCUT2D eigenvalue weighted by atomic mass is 16.3. The minimum absolute atomic E-state index is 0.169. The van der Waals surface area contributed by atoms with Crippen molar-refractivity contribution >= 4 is 11.2 Å². The molecule has 0 unspecified atom stereocenters. The van der Waals surface area contributed by atoms with Crippen LogP contribution < -0.4 is 0 Å². The van der Waals surface area contributed by atoms with Crippen LogP contribution >= 0.6 is 0 Å². The summed E-state index contributed by atoms with van der Waals surface area (Å²) in [5.41, 5.74) is 0.345. The number of fused-ring (bicyclic) bond motifs is 1. The Morgan fingerprint density at radius 2 is 1.92 bits per heavy atom. The first-order valence-electron chi connectivity index (χ1n) is 3.13. The molecule has 60 valence electrons. The van der Waals surface area contributed by atoms with Gasteiger partial charge in [-0.15, -0.1) is 0 Å². The Kier molecular flexibility index (Phi) is 1.26. The molecule has 0 spiro atoms. The summed E-state index contributed by atoms with van der Waals surface area (Å²) in [6.45, 7) is 0. The molecule has 6 heteroatoms. The molecule has 2 aromatic rings. The number of hydrogen-bond acceptors (Lipinski definition) is 6. The van der Waals surface area contributed by atoms with E-state index in [9.17, 15) is 0 Å². The van der Waals surface area contributed by atoms with Gasteiger partial charge in [0.05, 0.1) is 6.20 Å². The highest BCUT2D eigenvalue weighted by Crippen LogP contribution is 2.16. The molecule has 0 radical (unpaired) electrons. The molecule has 0 atom stereocenters. The molecule has 2 aromatic heterocycles. The lowest BCUT2D eigenvalue weighted by Crippen LogP contribution is -1.89. The van der Waals surface area contributed by atoms with Crippen LogP contribution in [0.15, 0.2) is 12.5 Å². The van der Waals surface area contributed by atoms with Crippen LogP contribution in [-0.2, 0) is 0 Å². The van der Waals surface area contributed by atoms with Gasteiger partial charge in [0.1, 0.15) is 6.33 Å². The normalized spacial score (nSPS) is 10.3. The van der Waals surface area contributed by atoms with E-state index in [1.165, 1.54) is 0 Å². The Balaban J connectivity index is 2.86. The Morgan fingerprint density at radius 3 is 2.75 bits per heavy atom. The third-order valence-corrected chi connectivity index (χ3v) is 1.31. The highest BCUT2D eigenvalue weighted by Gasteiger charge is 2.04. The van der Waals surface area contributed by atoms with Crippen molar-refractivity contribution in [1.82, 2.24) is 19.9 Å². The standard InChI is InChI=1S/C6H4N4O2/c11-3-1-7-4-5(10-3)8-2-9-6(4)12/h1-2H,(H2,8,9,10,11,12). The molecule has 6 nitrogen and oxygen atoms in total. The third kappa shape index (κ3) is 0.895. The van der Waals surface area contributed by atoms with Crippen molar-refractivity contribution in [2.45, 2.75) is 0 Å². The van der Waals surface area contributed by atoms with E-state index in [4.69, 9.17) is 10.2 Å². The molecule has 2 rings (SSSR count). The maximum absolute atomic E-state index is 9.13. The Morgan fingerprint density at radius 1 is 1.08 bits per heavy atom. The van der Waals surface area contributed by atoms with E-state index in [0.717, 1.165) is 12.5 Å². The van der Waals surface area contributed by atoms with Crippen molar-refractivity contribution in [2.75, 3.05) is 0 Å². The molecule has 0 amide bonds. The second-order valence-electron chi connectivity index (χ2n) is 2.10. The quantitative estimate of drug-likeness (QED) is 0.561. The molecule has 0 saturated heterocycles. The molecule has 0 saturated carbocycles. The average Bonchev–Trinajstić information content (AvgIpc) is 2.04. The molecule has 0 aliphatic rings. The number of nitrogens with zero attached hydrogens (tertiary/aromatic N) is 4. The van der Waals surface area contributed by atoms with Crippen LogP contribution in [-0.4, -0.2) is 30.1 Å². The Hall–Kier alpha value is -1.98. The zero-order valence-electron chi connectivity index (χ0n) is 5.84. The molecule has 0 aromatic carbocycles. The maximum Gasteiger partial charge on any atom is 0.242 e. The lowest BCUT2D eigenvalue weighted by atomic mass is 10.5. The highest BCUT2D eigenvalue weighted by molar-refractivity contribution is 5.74. The van der Waals surface area contributed by atoms with E-state index >= 15 is 0 Å². The van der Waals surface area contributed by atoms with Crippen LogP contribution in [0.3, 0.4) is 0 Å². The van der Waals surface area contributed by atoms with Gasteiger partial charge in [0.25, 0.3) is 0 Å². The minimum Gasteiger partial charge on any atom is -0.492 e. The fourth-order valence-electron chi connectivity index (χ4n) is 0.817. The number of aromatic hydroxyl groups is 2. The predicted octanol–water partition coefficient (Wildman–Crippen LogP) is -0.169. The largest absolute Gasteiger partial charge is 0.492 e. The van der Waals surface area contributed by atoms with Gasteiger partial charge in [0.15, 0.2) is 11.2 Å². The van der Waals surface area contributed by atoms with Crippen LogP contribution in [0.25, 0.3) is 11.2 Å². The van der Waals surface area contributed by atoms with Crippen molar-refractivity contribution in [2.24, 2.45) is 0 Å². The third-order valence-electron chi connectivity index (χ3n) is 1.31. The molecule has 0 aliphatic carbocycles. The van der Waals surface area contributed by atoms with Crippen LogP contribution in [0.5, 0.6) is 11.8 Å². The monoisotopic (exact) mass is 164 g/mol. The van der Waals surface area contributed by atoms with E-state index in [2.05, 4.69) is 19.9 Å². The summed E-state index contributed by atoms with van der Waals surface area (Å²) in [5, 5.41) is 18.0. The second kappa shape index (κ2) is 2.26. The van der Waals surface area contributed by atoms with E-state index in [1.807, 2.05) is 0 Å². The summed E-state index contributed by atoms with van der Waals surface area (Å²) in [5.74, 6) is -0.479. The van der Waals surface area contributed by atoms with Gasteiger partial charge in [-0.25, -0.2) is 9.97 Å². The van der Waals surface area contributed by atoms with Crippen molar-refractivity contribution < 1.29 is 10.2 Å². The summed E-state index contributed by atoms with van der Waals surface area (Å²) >= 11 is 0. The van der Waals surface area contributed by atoms with Crippen LogP contribution in [0.1, 0.15) is 0 Å². The summed E-state index contributed by atoms with van der Waals surface area (Å²) in [7, 11) is 0. The molecule has 2 heterocycles. The van der Waals surface area contributed by atoms with Gasteiger partial charge in [0.2, 0.25) is 11.8 Å². The fourth-order valence-corrected chi connectivity index (χ4v) is 0.817. The van der Waals surface area contributed by atoms with Gasteiger partial charge in [-0.05, 0) is 0 Å². The van der Waals surface area contributed by atoms with Gasteiger partial charge < -0.3 is 10.2 Å². The Labute approximate surface area is 66.6 Å². The topological polar surface area (TPSA) is 92.0 Å². The Bertz CT molecular complexity index is 431. The maximum atomic E-state index is 9.13. The molecule has 0 fully saturated rings. The van der Waals surface area contributed by atoms with Gasteiger partial charge in [-0.2, -0.15) is 9.97 Å². The summed E-state index contributed by atoms with van der Waals surface area (Å²) in [4.78, 5) is 14.5. The molecule has 0 aliphatic heterocycles. The summed E-state index contributed by atoms with van der Waals surface area (Å²) < 4.78 is 0. The predicted molar refractivity (Wildman–Crippen MR) is 38.5 cm³/mol. The number of aromatic nitrogens is 4. The summed E-state index contributed by atoms with van der Waals surface area (Å²) in [6, 6.07) is 0. The van der Waals surface area contributed by atoms with Crippen molar-refractivity contribution in [3.8, 4) is 11.8 Å². The van der Waals surface area contributed by atoms with E-state index in [0.29, 0.717) is 0 Å². The van der Waals surface area contributed by atoms with Crippen LogP contribution in [0.2, 0.25) is 0 Å². The molecule has 0 bridgehead atoms. The zero-order valence-corrected chi connectivity index (χ0v) is 5.84. The first kappa shape index (κ1) is 6.71. The van der Waals surface area contributed by atoms with Gasteiger partial charge in [0, 0.05) is 0 Å². The fraction of sp³-hybridized carbons (Fsp3) is 0. The van der Waals surface area contributed by atoms with E-state index < -0.39 is 0 Å². The smallest absolute Gasteiger partial charge is 0.242 e. The van der Waals surface area contributed by atoms with E-state index in [1.54, 1.807) is 0 Å². The minimum atomic E-state index is -0.243. The SMILES string of the molecule is Oc1cnc2c(O)ncnc2n1. The lowest BCUT2D eigenvalue weighted by Gasteiger charge is -1.95. The van der Waals surface area contributed by atoms with Crippen molar-refractivity contribution in [3.63, 3.8) is 0 Å². The molecular weight excluding hydrogens is 160 g/mol. The average molecular weight is 164 g/mol. The number of rotatable bonds is 0. The van der Waals surface area contributed by atoms with Crippen LogP contribution in [0, 0.1) is 0 Å². The van der Waals surface area contributed by atoms with Crippen LogP contribution in [0.4, 0.5) is 0 Å². The first-order chi connectivity index (χ1) is 5.77. The van der Waals surface area contributed by atoms with Crippen molar-refractivity contribution in [3.05, 3.63) is 12.5 Å². The van der Waals surface area contributed by atoms with Gasteiger partial charge in [-0.3, -0.25) is 0 Å². The molecule has 2 N–H and O–H groups in total. The van der Waals surface area contributed by atoms with Gasteiger partial charge in [-0.1, -0.05) is 0 Å². The van der Waals surface area contributed by atoms with Crippen molar-refractivity contribution in [1.29, 1.82) is 0 Å². The zero-order chi connectivity index (χ0) is 8.55. The molecular formula is C6H4N4O2. The lowest BCUT2D eigenvalue weighted by molar-refractivity contribution is 0.448. The summed E-state index contributed by atoms with van der Waals surface area (Å²) in [6.07, 6.45) is 2.26.